The largest absolute Gasteiger partial charge is 0.503 e. The molecule has 1 rings (SSSR count). The molecule has 72 valence electrons. The molecular weight excluding hydrogens is 236 g/mol. The standard InChI is InChI=1S/C9H11BrO3/c1-5-4-6(12-2)9(13-3)8(11)7(5)10/h4,11H,1-3H3. The summed E-state index contributed by atoms with van der Waals surface area (Å²) in [6.45, 7) is 1.87. The van der Waals surface area contributed by atoms with Crippen molar-refractivity contribution in [1.82, 2.24) is 0 Å². The molecule has 13 heavy (non-hydrogen) atoms. The molecule has 0 atom stereocenters. The van der Waals surface area contributed by atoms with E-state index in [4.69, 9.17) is 9.47 Å². The first-order valence-electron chi connectivity index (χ1n) is 3.71. The summed E-state index contributed by atoms with van der Waals surface area (Å²) in [5.74, 6) is 0.944. The Balaban J connectivity index is 3.39. The van der Waals surface area contributed by atoms with Crippen molar-refractivity contribution >= 4 is 15.9 Å². The highest BCUT2D eigenvalue weighted by atomic mass is 79.9. The number of hydrogen-bond donors (Lipinski definition) is 1. The molecule has 0 heterocycles. The molecule has 0 aliphatic rings. The summed E-state index contributed by atoms with van der Waals surface area (Å²) >= 11 is 3.25. The van der Waals surface area contributed by atoms with Gasteiger partial charge in [0.25, 0.3) is 0 Å². The molecule has 3 nitrogen and oxygen atoms in total. The second-order valence-electron chi connectivity index (χ2n) is 2.59. The zero-order valence-electron chi connectivity index (χ0n) is 7.72. The Morgan fingerprint density at radius 3 is 2.38 bits per heavy atom. The molecule has 0 aromatic heterocycles. The number of rotatable bonds is 2. The number of ether oxygens (including phenoxy) is 2. The highest BCUT2D eigenvalue weighted by Gasteiger charge is 2.14. The Kier molecular flexibility index (Phi) is 3.03. The molecule has 0 fully saturated rings. The number of aromatic hydroxyl groups is 1. The van der Waals surface area contributed by atoms with E-state index in [-0.39, 0.29) is 5.75 Å². The predicted molar refractivity (Wildman–Crippen MR) is 53.6 cm³/mol. The monoisotopic (exact) mass is 246 g/mol. The molecule has 0 radical (unpaired) electrons. The topological polar surface area (TPSA) is 38.7 Å². The smallest absolute Gasteiger partial charge is 0.204 e. The maximum Gasteiger partial charge on any atom is 0.204 e. The van der Waals surface area contributed by atoms with Crippen molar-refractivity contribution in [1.29, 1.82) is 0 Å². The summed E-state index contributed by atoms with van der Waals surface area (Å²) in [4.78, 5) is 0. The fourth-order valence-corrected chi connectivity index (χ4v) is 1.37. The van der Waals surface area contributed by atoms with Gasteiger partial charge in [-0.2, -0.15) is 0 Å². The van der Waals surface area contributed by atoms with E-state index in [9.17, 15) is 5.11 Å². The molecule has 0 saturated heterocycles. The quantitative estimate of drug-likeness (QED) is 0.872. The minimum Gasteiger partial charge on any atom is -0.503 e. The molecular formula is C9H11BrO3. The zero-order valence-corrected chi connectivity index (χ0v) is 9.31. The van der Waals surface area contributed by atoms with Gasteiger partial charge in [0.05, 0.1) is 18.7 Å². The van der Waals surface area contributed by atoms with Crippen molar-refractivity contribution in [3.63, 3.8) is 0 Å². The average Bonchev–Trinajstić information content (AvgIpc) is 2.13. The molecule has 0 amide bonds. The van der Waals surface area contributed by atoms with E-state index in [0.29, 0.717) is 16.0 Å². The van der Waals surface area contributed by atoms with Gasteiger partial charge in [0.2, 0.25) is 5.75 Å². The van der Waals surface area contributed by atoms with Crippen molar-refractivity contribution in [3.05, 3.63) is 16.1 Å². The van der Waals surface area contributed by atoms with Gasteiger partial charge in [0.1, 0.15) is 0 Å². The van der Waals surface area contributed by atoms with Crippen molar-refractivity contribution in [2.24, 2.45) is 0 Å². The van der Waals surface area contributed by atoms with Crippen LogP contribution in [0.5, 0.6) is 17.2 Å². The van der Waals surface area contributed by atoms with Crippen LogP contribution in [0.1, 0.15) is 5.56 Å². The Bertz CT molecular complexity index is 323. The summed E-state index contributed by atoms with van der Waals surface area (Å²) in [7, 11) is 3.02. The van der Waals surface area contributed by atoms with Crippen molar-refractivity contribution in [2.45, 2.75) is 6.92 Å². The molecule has 0 aliphatic heterocycles. The van der Waals surface area contributed by atoms with Gasteiger partial charge < -0.3 is 14.6 Å². The van der Waals surface area contributed by atoms with E-state index < -0.39 is 0 Å². The van der Waals surface area contributed by atoms with Crippen LogP contribution >= 0.6 is 15.9 Å². The Labute approximate surface area is 85.4 Å². The van der Waals surface area contributed by atoms with Gasteiger partial charge in [0, 0.05) is 0 Å². The van der Waals surface area contributed by atoms with Gasteiger partial charge in [-0.25, -0.2) is 0 Å². The zero-order chi connectivity index (χ0) is 10.0. The van der Waals surface area contributed by atoms with Gasteiger partial charge in [-0.15, -0.1) is 0 Å². The lowest BCUT2D eigenvalue weighted by atomic mass is 10.2. The summed E-state index contributed by atoms with van der Waals surface area (Å²) in [6, 6.07) is 1.79. The molecule has 0 spiro atoms. The van der Waals surface area contributed by atoms with Crippen LogP contribution in [0.25, 0.3) is 0 Å². The molecule has 0 aliphatic carbocycles. The molecule has 0 saturated carbocycles. The molecule has 1 aromatic carbocycles. The number of aryl methyl sites for hydroxylation is 1. The van der Waals surface area contributed by atoms with E-state index in [2.05, 4.69) is 15.9 Å². The maximum atomic E-state index is 9.64. The highest BCUT2D eigenvalue weighted by Crippen LogP contribution is 2.43. The van der Waals surface area contributed by atoms with Crippen molar-refractivity contribution < 1.29 is 14.6 Å². The molecule has 0 bridgehead atoms. The molecule has 1 N–H and O–H groups in total. The van der Waals surface area contributed by atoms with Gasteiger partial charge in [-0.05, 0) is 34.5 Å². The highest BCUT2D eigenvalue weighted by molar-refractivity contribution is 9.10. The Hall–Kier alpha value is -0.900. The number of halogens is 1. The van der Waals surface area contributed by atoms with E-state index in [0.717, 1.165) is 5.56 Å². The van der Waals surface area contributed by atoms with Crippen LogP contribution in [0.4, 0.5) is 0 Å². The first kappa shape index (κ1) is 10.2. The van der Waals surface area contributed by atoms with E-state index in [1.165, 1.54) is 14.2 Å². The summed E-state index contributed by atoms with van der Waals surface area (Å²) < 4.78 is 10.7. The van der Waals surface area contributed by atoms with E-state index in [1.54, 1.807) is 6.07 Å². The number of methoxy groups -OCH3 is 2. The average molecular weight is 247 g/mol. The third kappa shape index (κ3) is 1.72. The number of hydrogen-bond acceptors (Lipinski definition) is 3. The first-order valence-corrected chi connectivity index (χ1v) is 4.51. The van der Waals surface area contributed by atoms with Gasteiger partial charge in [-0.1, -0.05) is 0 Å². The van der Waals surface area contributed by atoms with Crippen LogP contribution in [-0.4, -0.2) is 19.3 Å². The van der Waals surface area contributed by atoms with Crippen LogP contribution in [0.3, 0.4) is 0 Å². The third-order valence-corrected chi connectivity index (χ3v) is 2.77. The van der Waals surface area contributed by atoms with Crippen molar-refractivity contribution in [3.8, 4) is 17.2 Å². The van der Waals surface area contributed by atoms with Gasteiger partial charge in [0.15, 0.2) is 11.5 Å². The molecule has 1 aromatic rings. The lowest BCUT2D eigenvalue weighted by Crippen LogP contribution is -1.92. The first-order chi connectivity index (χ1) is 6.11. The third-order valence-electron chi connectivity index (χ3n) is 1.76. The van der Waals surface area contributed by atoms with Crippen LogP contribution in [0.15, 0.2) is 10.5 Å². The second kappa shape index (κ2) is 3.87. The predicted octanol–water partition coefficient (Wildman–Crippen LogP) is 2.48. The summed E-state index contributed by atoms with van der Waals surface area (Å²) in [5, 5.41) is 9.64. The van der Waals surface area contributed by atoms with E-state index in [1.807, 2.05) is 6.92 Å². The molecule has 0 unspecified atom stereocenters. The van der Waals surface area contributed by atoms with Crippen LogP contribution in [-0.2, 0) is 0 Å². The number of phenols is 1. The van der Waals surface area contributed by atoms with E-state index >= 15 is 0 Å². The summed E-state index contributed by atoms with van der Waals surface area (Å²) in [6.07, 6.45) is 0. The van der Waals surface area contributed by atoms with Crippen molar-refractivity contribution in [2.75, 3.05) is 14.2 Å². The summed E-state index contributed by atoms with van der Waals surface area (Å²) in [5.41, 5.74) is 0.898. The minimum absolute atomic E-state index is 0.0688. The fraction of sp³-hybridized carbons (Fsp3) is 0.333. The number of phenolic OH excluding ortho intramolecular Hbond substituents is 1. The molecule has 4 heteroatoms. The van der Waals surface area contributed by atoms with Crippen LogP contribution < -0.4 is 9.47 Å². The fourth-order valence-electron chi connectivity index (χ4n) is 1.08. The van der Waals surface area contributed by atoms with Crippen LogP contribution in [0, 0.1) is 6.92 Å². The van der Waals surface area contributed by atoms with Gasteiger partial charge >= 0.3 is 0 Å². The lowest BCUT2D eigenvalue weighted by Gasteiger charge is -2.11. The van der Waals surface area contributed by atoms with Gasteiger partial charge in [-0.3, -0.25) is 0 Å². The SMILES string of the molecule is COc1cc(C)c(Br)c(O)c1OC. The second-order valence-corrected chi connectivity index (χ2v) is 3.38. The minimum atomic E-state index is 0.0688. The Morgan fingerprint density at radius 2 is 1.92 bits per heavy atom. The normalized spacial score (nSPS) is 9.85. The lowest BCUT2D eigenvalue weighted by molar-refractivity contribution is 0.331. The van der Waals surface area contributed by atoms with Crippen LogP contribution in [0.2, 0.25) is 0 Å². The maximum absolute atomic E-state index is 9.64. The Morgan fingerprint density at radius 1 is 1.31 bits per heavy atom. The number of benzene rings is 1.